The van der Waals surface area contributed by atoms with Gasteiger partial charge in [-0.25, -0.2) is 0 Å². The molecule has 0 bridgehead atoms. The fourth-order valence-electron chi connectivity index (χ4n) is 2.28. The molecule has 0 aliphatic heterocycles. The number of allylic oxidation sites excluding steroid dienone is 1. The molecule has 0 aliphatic rings. The second-order valence-corrected chi connectivity index (χ2v) is 6.27. The number of hydrogen-bond acceptors (Lipinski definition) is 0. The van der Waals surface area contributed by atoms with Gasteiger partial charge in [0.15, 0.2) is 0 Å². The largest absolute Gasteiger partial charge is 4.00 e. The topological polar surface area (TPSA) is 0 Å². The molecule has 0 aliphatic carbocycles. The summed E-state index contributed by atoms with van der Waals surface area (Å²) >= 11 is 0. The van der Waals surface area contributed by atoms with Crippen LogP contribution in [0.4, 0.5) is 0 Å². The van der Waals surface area contributed by atoms with Gasteiger partial charge in [-0.05, 0) is 6.04 Å². The zero-order valence-electron chi connectivity index (χ0n) is 14.8. The maximum Gasteiger partial charge on any atom is 4.00 e. The number of halogens is 2. The molecule has 0 unspecified atom stereocenters. The molecule has 0 saturated heterocycles. The minimum Gasteiger partial charge on any atom is -1.00 e. The van der Waals surface area contributed by atoms with Crippen molar-refractivity contribution in [2.24, 2.45) is 0 Å². The van der Waals surface area contributed by atoms with Gasteiger partial charge in [0.1, 0.15) is 0 Å². The average Bonchev–Trinajstić information content (AvgIpc) is 3.26. The van der Waals surface area contributed by atoms with Gasteiger partial charge in [0.2, 0.25) is 0 Å². The second kappa shape index (κ2) is 16.3. The molecule has 4 heteroatoms. The van der Waals surface area contributed by atoms with Crippen LogP contribution in [0.5, 0.6) is 0 Å². The van der Waals surface area contributed by atoms with Crippen molar-refractivity contribution in [3.63, 3.8) is 0 Å². The molecule has 26 heavy (non-hydrogen) atoms. The number of benzene rings is 2. The Labute approximate surface area is 190 Å². The van der Waals surface area contributed by atoms with Gasteiger partial charge in [-0.2, -0.15) is 35.0 Å². The van der Waals surface area contributed by atoms with Gasteiger partial charge in [0, 0.05) is 9.52 Å². The minimum absolute atomic E-state index is 0. The molecular formula is C22H22Cl2HfSi. The van der Waals surface area contributed by atoms with Crippen LogP contribution in [0.25, 0.3) is 21.5 Å². The van der Waals surface area contributed by atoms with Crippen LogP contribution in [-0.4, -0.2) is 9.52 Å². The monoisotopic (exact) mass is 564 g/mol. The Bertz CT molecular complexity index is 710. The van der Waals surface area contributed by atoms with Crippen LogP contribution in [0, 0.1) is 0 Å². The number of fused-ring (bicyclic) bond motifs is 2. The summed E-state index contributed by atoms with van der Waals surface area (Å²) in [5.41, 5.74) is 0. The zero-order chi connectivity index (χ0) is 16.3. The molecule has 0 N–H and O–H groups in total. The Kier molecular flexibility index (Phi) is 17.1. The van der Waals surface area contributed by atoms with Gasteiger partial charge in [-0.3, -0.25) is 0 Å². The van der Waals surface area contributed by atoms with Crippen LogP contribution < -0.4 is 24.8 Å². The summed E-state index contributed by atoms with van der Waals surface area (Å²) in [6.45, 7) is 5.73. The molecule has 4 aromatic carbocycles. The summed E-state index contributed by atoms with van der Waals surface area (Å²) in [5, 5.41) is 5.32. The van der Waals surface area contributed by atoms with Crippen molar-refractivity contribution in [3.8, 4) is 0 Å². The van der Waals surface area contributed by atoms with E-state index in [1.54, 1.807) is 0 Å². The van der Waals surface area contributed by atoms with Crippen LogP contribution in [0.15, 0.2) is 97.6 Å². The van der Waals surface area contributed by atoms with E-state index in [0.717, 1.165) is 9.52 Å². The summed E-state index contributed by atoms with van der Waals surface area (Å²) in [6.07, 6.45) is 1.94. The first-order chi connectivity index (χ1) is 11.3. The molecule has 4 aromatic rings. The van der Waals surface area contributed by atoms with Gasteiger partial charge in [0.25, 0.3) is 0 Å². The third-order valence-electron chi connectivity index (χ3n) is 3.44. The average molecular weight is 564 g/mol. The van der Waals surface area contributed by atoms with E-state index < -0.39 is 0 Å². The van der Waals surface area contributed by atoms with Crippen LogP contribution >= 0.6 is 0 Å². The Hall–Kier alpha value is -0.933. The molecule has 0 spiro atoms. The predicted molar refractivity (Wildman–Crippen MR) is 106 cm³/mol. The van der Waals surface area contributed by atoms with E-state index in [1.165, 1.54) is 27.6 Å². The van der Waals surface area contributed by atoms with Gasteiger partial charge < -0.3 is 24.8 Å². The molecule has 0 aromatic heterocycles. The molecular weight excluding hydrogens is 542 g/mol. The zero-order valence-corrected chi connectivity index (χ0v) is 20.9. The van der Waals surface area contributed by atoms with Gasteiger partial charge in [-0.15, -0.1) is 65.9 Å². The normalized spacial score (nSPS) is 8.50. The summed E-state index contributed by atoms with van der Waals surface area (Å²) in [6, 6.07) is 30.5. The first-order valence-electron chi connectivity index (χ1n) is 7.81. The molecule has 0 heterocycles. The Balaban J connectivity index is 0. The molecule has 0 amide bonds. The second-order valence-electron chi connectivity index (χ2n) is 5.16. The van der Waals surface area contributed by atoms with E-state index in [1.807, 2.05) is 6.08 Å². The molecule has 0 saturated carbocycles. The molecule has 4 rings (SSSR count). The van der Waals surface area contributed by atoms with E-state index in [2.05, 4.69) is 98.1 Å². The van der Waals surface area contributed by atoms with E-state index in [0.29, 0.717) is 0 Å². The third-order valence-corrected chi connectivity index (χ3v) is 4.14. The van der Waals surface area contributed by atoms with Crippen LogP contribution in [0.1, 0.15) is 0 Å². The molecule has 0 atom stereocenters. The van der Waals surface area contributed by atoms with Crippen LogP contribution in [0.3, 0.4) is 0 Å². The smallest absolute Gasteiger partial charge is 1.00 e. The van der Waals surface area contributed by atoms with Crippen molar-refractivity contribution in [1.29, 1.82) is 0 Å². The SMILES string of the molecule is C=CC[Si]C.[Cl-].[Cl-].[Hf+4].c1ccc2[cH-]ccc2c1.c1ccc2[cH-]ccc2c1. The molecule has 132 valence electrons. The van der Waals surface area contributed by atoms with Crippen molar-refractivity contribution in [2.45, 2.75) is 12.6 Å². The van der Waals surface area contributed by atoms with Crippen molar-refractivity contribution >= 4 is 31.1 Å². The Morgan fingerprint density at radius 1 is 0.808 bits per heavy atom. The minimum atomic E-state index is 0. The van der Waals surface area contributed by atoms with Crippen molar-refractivity contribution in [3.05, 3.63) is 97.6 Å². The van der Waals surface area contributed by atoms with E-state index in [4.69, 9.17) is 0 Å². The van der Waals surface area contributed by atoms with Crippen molar-refractivity contribution < 1.29 is 50.7 Å². The third kappa shape index (κ3) is 9.13. The van der Waals surface area contributed by atoms with Gasteiger partial charge in [-0.1, -0.05) is 24.8 Å². The number of hydrogen-bond donors (Lipinski definition) is 0. The fraction of sp³-hybridized carbons (Fsp3) is 0.0909. The molecule has 0 nitrogen and oxygen atoms in total. The van der Waals surface area contributed by atoms with Crippen LogP contribution in [-0.2, 0) is 25.8 Å². The summed E-state index contributed by atoms with van der Waals surface area (Å²) in [4.78, 5) is 0. The van der Waals surface area contributed by atoms with E-state index in [9.17, 15) is 0 Å². The maximum atomic E-state index is 3.56. The molecule has 0 fully saturated rings. The van der Waals surface area contributed by atoms with Gasteiger partial charge >= 0.3 is 25.8 Å². The van der Waals surface area contributed by atoms with E-state index in [-0.39, 0.29) is 50.7 Å². The summed E-state index contributed by atoms with van der Waals surface area (Å²) in [5.74, 6) is 0. The Morgan fingerprint density at radius 3 is 1.54 bits per heavy atom. The van der Waals surface area contributed by atoms with Crippen LogP contribution in [0.2, 0.25) is 12.6 Å². The predicted octanol–water partition coefficient (Wildman–Crippen LogP) is 0.466. The summed E-state index contributed by atoms with van der Waals surface area (Å²) < 4.78 is 0. The van der Waals surface area contributed by atoms with Gasteiger partial charge in [0.05, 0.1) is 0 Å². The molecule has 2 radical (unpaired) electrons. The maximum absolute atomic E-state index is 3.56. The summed E-state index contributed by atoms with van der Waals surface area (Å²) in [7, 11) is 1.04. The quantitative estimate of drug-likeness (QED) is 0.189. The number of rotatable bonds is 2. The van der Waals surface area contributed by atoms with E-state index >= 15 is 0 Å². The first kappa shape index (κ1) is 27.3. The van der Waals surface area contributed by atoms with Crippen molar-refractivity contribution in [1.82, 2.24) is 0 Å². The standard InChI is InChI=1S/2C9H7.C4H8Si.2ClH.Hf/c2*1-2-5-9-7-3-6-8(9)4-1;1-3-4-5-2;;;/h2*1-7H;3H,1,4H2,2H3;2*1H;/q2*-1;;;;+4/p-2. The fourth-order valence-corrected chi connectivity index (χ4v) is 2.57. The van der Waals surface area contributed by atoms with Crippen molar-refractivity contribution in [2.75, 3.05) is 0 Å². The Morgan fingerprint density at radius 2 is 1.23 bits per heavy atom. The first-order valence-corrected chi connectivity index (χ1v) is 9.52.